The van der Waals surface area contributed by atoms with E-state index in [0.717, 1.165) is 23.9 Å². The fourth-order valence-electron chi connectivity index (χ4n) is 3.52. The van der Waals surface area contributed by atoms with Gasteiger partial charge in [0.15, 0.2) is 0 Å². The highest BCUT2D eigenvalue weighted by Gasteiger charge is 2.43. The van der Waals surface area contributed by atoms with Gasteiger partial charge >= 0.3 is 6.18 Å². The number of rotatable bonds is 1. The number of nitrogens with zero attached hydrogens (tertiary/aromatic N) is 1. The van der Waals surface area contributed by atoms with Gasteiger partial charge < -0.3 is 0 Å². The molecule has 0 spiro atoms. The first-order valence-electron chi connectivity index (χ1n) is 7.05. The molecule has 1 aliphatic heterocycles. The largest absolute Gasteiger partial charge is 0.393 e. The van der Waals surface area contributed by atoms with Crippen LogP contribution in [0, 0.1) is 5.92 Å². The Bertz CT molecular complexity index is 500. The van der Waals surface area contributed by atoms with Crippen molar-refractivity contribution in [2.45, 2.75) is 37.9 Å². The predicted octanol–water partition coefficient (Wildman–Crippen LogP) is 4.71. The third kappa shape index (κ3) is 2.62. The number of piperidine rings is 1. The Hall–Kier alpha value is -0.550. The zero-order valence-electron chi connectivity index (χ0n) is 11.1. The van der Waals surface area contributed by atoms with Crippen LogP contribution in [0.15, 0.2) is 22.7 Å². The molecule has 20 heavy (non-hydrogen) atoms. The van der Waals surface area contributed by atoms with Crippen molar-refractivity contribution in [1.82, 2.24) is 4.90 Å². The van der Waals surface area contributed by atoms with E-state index in [9.17, 15) is 13.2 Å². The second kappa shape index (κ2) is 5.34. The molecule has 1 heterocycles. The van der Waals surface area contributed by atoms with Crippen LogP contribution in [0.25, 0.3) is 0 Å². The van der Waals surface area contributed by atoms with Crippen LogP contribution >= 0.6 is 15.9 Å². The number of likely N-dealkylation sites (tertiary alicyclic amines) is 1. The monoisotopic (exact) mass is 347 g/mol. The maximum absolute atomic E-state index is 12.9. The predicted molar refractivity (Wildman–Crippen MR) is 75.6 cm³/mol. The summed E-state index contributed by atoms with van der Waals surface area (Å²) in [5, 5.41) is 0. The standard InChI is InChI=1S/C15H17BrF3N/c16-13-5-1-4-12-11(13)6-7-14(12)20-8-2-3-10(9-20)15(17,18)19/h1,4-5,10,14H,2-3,6-9H2. The van der Waals surface area contributed by atoms with E-state index in [0.29, 0.717) is 6.42 Å². The second-order valence-corrected chi connectivity index (χ2v) is 6.59. The first kappa shape index (κ1) is 14.4. The molecule has 0 radical (unpaired) electrons. The van der Waals surface area contributed by atoms with Crippen LogP contribution in [0.4, 0.5) is 13.2 Å². The molecule has 2 unspecified atom stereocenters. The van der Waals surface area contributed by atoms with Crippen LogP contribution in [-0.2, 0) is 6.42 Å². The molecule has 3 rings (SSSR count). The van der Waals surface area contributed by atoms with Crippen molar-refractivity contribution < 1.29 is 13.2 Å². The molecule has 2 aliphatic rings. The van der Waals surface area contributed by atoms with Crippen molar-refractivity contribution in [2.24, 2.45) is 5.92 Å². The number of benzene rings is 1. The molecule has 1 aromatic rings. The molecule has 1 aliphatic carbocycles. The third-order valence-corrected chi connectivity index (χ3v) is 5.28. The van der Waals surface area contributed by atoms with Gasteiger partial charge in [-0.15, -0.1) is 0 Å². The summed E-state index contributed by atoms with van der Waals surface area (Å²) in [6.07, 6.45) is -1.25. The summed E-state index contributed by atoms with van der Waals surface area (Å²) >= 11 is 3.54. The van der Waals surface area contributed by atoms with Gasteiger partial charge in [0.2, 0.25) is 0 Å². The maximum Gasteiger partial charge on any atom is 0.393 e. The van der Waals surface area contributed by atoms with Gasteiger partial charge in [0.25, 0.3) is 0 Å². The summed E-state index contributed by atoms with van der Waals surface area (Å²) in [4.78, 5) is 2.04. The quantitative estimate of drug-likeness (QED) is 0.710. The van der Waals surface area contributed by atoms with Crippen LogP contribution in [0.3, 0.4) is 0 Å². The molecule has 2 atom stereocenters. The second-order valence-electron chi connectivity index (χ2n) is 5.74. The van der Waals surface area contributed by atoms with Crippen LogP contribution < -0.4 is 0 Å². The molecule has 0 bridgehead atoms. The Kier molecular flexibility index (Phi) is 3.84. The minimum absolute atomic E-state index is 0.153. The molecular formula is C15H17BrF3N. The van der Waals surface area contributed by atoms with Crippen LogP contribution in [0.2, 0.25) is 0 Å². The molecule has 1 nitrogen and oxygen atoms in total. The van der Waals surface area contributed by atoms with E-state index in [1.54, 1.807) is 0 Å². The zero-order valence-corrected chi connectivity index (χ0v) is 12.7. The van der Waals surface area contributed by atoms with Crippen molar-refractivity contribution in [2.75, 3.05) is 13.1 Å². The molecule has 0 saturated carbocycles. The molecule has 1 saturated heterocycles. The lowest BCUT2D eigenvalue weighted by atomic mass is 9.95. The Morgan fingerprint density at radius 2 is 2.00 bits per heavy atom. The smallest absolute Gasteiger partial charge is 0.296 e. The van der Waals surface area contributed by atoms with E-state index < -0.39 is 12.1 Å². The van der Waals surface area contributed by atoms with Crippen LogP contribution in [0.1, 0.15) is 36.4 Å². The van der Waals surface area contributed by atoms with Crippen molar-refractivity contribution >= 4 is 15.9 Å². The van der Waals surface area contributed by atoms with Gasteiger partial charge in [-0.05, 0) is 49.4 Å². The van der Waals surface area contributed by atoms with Crippen molar-refractivity contribution in [3.63, 3.8) is 0 Å². The Balaban J connectivity index is 1.80. The summed E-state index contributed by atoms with van der Waals surface area (Å²) in [5.74, 6) is -1.16. The van der Waals surface area contributed by atoms with Gasteiger partial charge in [-0.3, -0.25) is 4.90 Å². The molecule has 5 heteroatoms. The maximum atomic E-state index is 12.9. The van der Waals surface area contributed by atoms with Gasteiger partial charge in [-0.25, -0.2) is 0 Å². The van der Waals surface area contributed by atoms with Crippen molar-refractivity contribution in [3.05, 3.63) is 33.8 Å². The number of alkyl halides is 3. The summed E-state index contributed by atoms with van der Waals surface area (Å²) in [6.45, 7) is 0.934. The molecular weight excluding hydrogens is 331 g/mol. The van der Waals surface area contributed by atoms with Crippen LogP contribution in [0.5, 0.6) is 0 Å². The Labute approximate surface area is 125 Å². The first-order chi connectivity index (χ1) is 9.47. The van der Waals surface area contributed by atoms with Gasteiger partial charge in [0.1, 0.15) is 0 Å². The van der Waals surface area contributed by atoms with E-state index in [4.69, 9.17) is 0 Å². The lowest BCUT2D eigenvalue weighted by molar-refractivity contribution is -0.188. The summed E-state index contributed by atoms with van der Waals surface area (Å²) < 4.78 is 39.9. The normalized spacial score (nSPS) is 27.6. The molecule has 1 aromatic carbocycles. The average Bonchev–Trinajstić information content (AvgIpc) is 2.83. The van der Waals surface area contributed by atoms with Crippen molar-refractivity contribution in [1.29, 1.82) is 0 Å². The van der Waals surface area contributed by atoms with E-state index in [1.807, 2.05) is 17.0 Å². The van der Waals surface area contributed by atoms with Gasteiger partial charge in [0, 0.05) is 17.1 Å². The van der Waals surface area contributed by atoms with E-state index in [1.165, 1.54) is 11.1 Å². The lowest BCUT2D eigenvalue weighted by Gasteiger charge is -2.37. The molecule has 1 fully saturated rings. The number of hydrogen-bond acceptors (Lipinski definition) is 1. The third-order valence-electron chi connectivity index (χ3n) is 4.54. The SMILES string of the molecule is FC(F)(F)C1CCCN(C2CCc3c(Br)cccc32)C1. The number of hydrogen-bond donors (Lipinski definition) is 0. The van der Waals surface area contributed by atoms with Crippen molar-refractivity contribution in [3.8, 4) is 0 Å². The molecule has 0 aromatic heterocycles. The molecule has 0 N–H and O–H groups in total. The number of halogens is 4. The Morgan fingerprint density at radius 3 is 2.75 bits per heavy atom. The Morgan fingerprint density at radius 1 is 1.20 bits per heavy atom. The van der Waals surface area contributed by atoms with Gasteiger partial charge in [-0.2, -0.15) is 13.2 Å². The lowest BCUT2D eigenvalue weighted by Crippen LogP contribution is -2.42. The number of fused-ring (bicyclic) bond motifs is 1. The van der Waals surface area contributed by atoms with E-state index in [2.05, 4.69) is 22.0 Å². The molecule has 110 valence electrons. The van der Waals surface area contributed by atoms with E-state index in [-0.39, 0.29) is 19.0 Å². The summed E-state index contributed by atoms with van der Waals surface area (Å²) in [7, 11) is 0. The fraction of sp³-hybridized carbons (Fsp3) is 0.600. The van der Waals surface area contributed by atoms with Gasteiger partial charge in [-0.1, -0.05) is 28.1 Å². The minimum atomic E-state index is -4.06. The highest BCUT2D eigenvalue weighted by molar-refractivity contribution is 9.10. The zero-order chi connectivity index (χ0) is 14.3. The molecule has 0 amide bonds. The summed E-state index contributed by atoms with van der Waals surface area (Å²) in [5.41, 5.74) is 2.48. The fourth-order valence-corrected chi connectivity index (χ4v) is 4.10. The highest BCUT2D eigenvalue weighted by Crippen LogP contribution is 2.42. The minimum Gasteiger partial charge on any atom is -0.296 e. The summed E-state index contributed by atoms with van der Waals surface area (Å²) in [6, 6.07) is 6.21. The highest BCUT2D eigenvalue weighted by atomic mass is 79.9. The first-order valence-corrected chi connectivity index (χ1v) is 7.84. The van der Waals surface area contributed by atoms with Gasteiger partial charge in [0.05, 0.1) is 5.92 Å². The topological polar surface area (TPSA) is 3.24 Å². The van der Waals surface area contributed by atoms with E-state index >= 15 is 0 Å². The average molecular weight is 348 g/mol. The van der Waals surface area contributed by atoms with Crippen LogP contribution in [-0.4, -0.2) is 24.2 Å².